The third kappa shape index (κ3) is 6.73. The zero-order chi connectivity index (χ0) is 18.7. The maximum Gasteiger partial charge on any atom is 0.191 e. The van der Waals surface area contributed by atoms with Crippen LogP contribution in [0.1, 0.15) is 36.7 Å². The number of ether oxygens (including phenoxy) is 1. The highest BCUT2D eigenvalue weighted by Gasteiger charge is 2.14. The van der Waals surface area contributed by atoms with E-state index in [9.17, 15) is 5.11 Å². The van der Waals surface area contributed by atoms with Crippen molar-refractivity contribution in [1.29, 1.82) is 0 Å². The van der Waals surface area contributed by atoms with Crippen molar-refractivity contribution in [2.75, 3.05) is 26.2 Å². The number of rotatable bonds is 8. The molecule has 6 heteroatoms. The number of guanidine groups is 1. The van der Waals surface area contributed by atoms with E-state index in [0.717, 1.165) is 37.2 Å². The molecule has 1 fully saturated rings. The monoisotopic (exact) mass is 371 g/mol. The molecule has 0 amide bonds. The van der Waals surface area contributed by atoms with Crippen LogP contribution in [-0.4, -0.2) is 43.4 Å². The van der Waals surface area contributed by atoms with Crippen molar-refractivity contribution in [1.82, 2.24) is 10.6 Å². The van der Waals surface area contributed by atoms with Crippen molar-refractivity contribution >= 4 is 5.96 Å². The lowest BCUT2D eigenvalue weighted by atomic mass is 10.1. The number of nitrogens with one attached hydrogen (secondary N) is 2. The second kappa shape index (κ2) is 10.7. The topological polar surface area (TPSA) is 79.0 Å². The molecule has 1 saturated heterocycles. The normalized spacial score (nSPS) is 18.9. The number of aliphatic hydroxyl groups is 1. The molecule has 2 heterocycles. The Labute approximate surface area is 160 Å². The second-order valence-corrected chi connectivity index (χ2v) is 6.74. The van der Waals surface area contributed by atoms with Crippen LogP contribution in [0.4, 0.5) is 0 Å². The van der Waals surface area contributed by atoms with Gasteiger partial charge in [0, 0.05) is 26.1 Å². The van der Waals surface area contributed by atoms with Gasteiger partial charge < -0.3 is 24.9 Å². The first-order chi connectivity index (χ1) is 13.3. The van der Waals surface area contributed by atoms with E-state index in [1.807, 2.05) is 42.5 Å². The second-order valence-electron chi connectivity index (χ2n) is 6.74. The smallest absolute Gasteiger partial charge is 0.191 e. The van der Waals surface area contributed by atoms with Gasteiger partial charge in [-0.25, -0.2) is 0 Å². The van der Waals surface area contributed by atoms with E-state index in [-0.39, 0.29) is 6.10 Å². The first kappa shape index (κ1) is 19.5. The van der Waals surface area contributed by atoms with Gasteiger partial charge in [-0.2, -0.15) is 0 Å². The Morgan fingerprint density at radius 3 is 2.78 bits per heavy atom. The van der Waals surface area contributed by atoms with Crippen molar-refractivity contribution in [2.24, 2.45) is 4.99 Å². The van der Waals surface area contributed by atoms with Gasteiger partial charge in [-0.15, -0.1) is 0 Å². The number of aliphatic hydroxyl groups excluding tert-OH is 1. The summed E-state index contributed by atoms with van der Waals surface area (Å²) in [6, 6.07) is 13.4. The quantitative estimate of drug-likeness (QED) is 0.491. The number of hydrogen-bond donors (Lipinski definition) is 3. The van der Waals surface area contributed by atoms with Gasteiger partial charge in [-0.3, -0.25) is 4.99 Å². The van der Waals surface area contributed by atoms with E-state index in [1.165, 1.54) is 6.42 Å². The average Bonchev–Trinajstić information content (AvgIpc) is 3.24. The van der Waals surface area contributed by atoms with Gasteiger partial charge in [0.25, 0.3) is 0 Å². The fraction of sp³-hybridized carbons (Fsp3) is 0.476. The van der Waals surface area contributed by atoms with Gasteiger partial charge in [-0.1, -0.05) is 30.3 Å². The Morgan fingerprint density at radius 2 is 2.04 bits per heavy atom. The van der Waals surface area contributed by atoms with Crippen LogP contribution < -0.4 is 10.6 Å². The maximum absolute atomic E-state index is 10.4. The summed E-state index contributed by atoms with van der Waals surface area (Å²) < 4.78 is 11.1. The first-order valence-corrected chi connectivity index (χ1v) is 9.70. The minimum atomic E-state index is -0.624. The number of benzene rings is 1. The summed E-state index contributed by atoms with van der Waals surface area (Å²) in [7, 11) is 0. The lowest BCUT2D eigenvalue weighted by molar-refractivity contribution is 0.0194. The molecule has 1 aliphatic rings. The average molecular weight is 371 g/mol. The molecule has 1 aromatic heterocycles. The summed E-state index contributed by atoms with van der Waals surface area (Å²) in [6.07, 6.45) is 5.46. The molecule has 0 saturated carbocycles. The van der Waals surface area contributed by atoms with Crippen molar-refractivity contribution < 1.29 is 14.3 Å². The summed E-state index contributed by atoms with van der Waals surface area (Å²) in [4.78, 5) is 4.56. The molecule has 2 atom stereocenters. The summed E-state index contributed by atoms with van der Waals surface area (Å²) in [5, 5.41) is 17.0. The molecule has 3 N–H and O–H groups in total. The molecular weight excluding hydrogens is 342 g/mol. The maximum atomic E-state index is 10.4. The number of nitrogens with zero attached hydrogens (tertiary/aromatic N) is 1. The molecule has 2 unspecified atom stereocenters. The van der Waals surface area contributed by atoms with Crippen molar-refractivity contribution in [3.63, 3.8) is 0 Å². The molecule has 1 aliphatic heterocycles. The minimum absolute atomic E-state index is 0.217. The highest BCUT2D eigenvalue weighted by Crippen LogP contribution is 2.13. The van der Waals surface area contributed by atoms with Crippen LogP contribution in [0.25, 0.3) is 0 Å². The van der Waals surface area contributed by atoms with E-state index in [0.29, 0.717) is 25.6 Å². The van der Waals surface area contributed by atoms with Crippen molar-refractivity contribution in [2.45, 2.75) is 37.9 Å². The van der Waals surface area contributed by atoms with Gasteiger partial charge in [0.2, 0.25) is 0 Å². The van der Waals surface area contributed by atoms with Crippen LogP contribution in [0.15, 0.2) is 58.1 Å². The van der Waals surface area contributed by atoms with Crippen LogP contribution in [0.2, 0.25) is 0 Å². The van der Waals surface area contributed by atoms with Gasteiger partial charge in [-0.05, 0) is 37.0 Å². The third-order valence-corrected chi connectivity index (χ3v) is 4.62. The first-order valence-electron chi connectivity index (χ1n) is 9.70. The zero-order valence-corrected chi connectivity index (χ0v) is 15.6. The molecule has 1 aromatic carbocycles. The highest BCUT2D eigenvalue weighted by molar-refractivity contribution is 5.79. The highest BCUT2D eigenvalue weighted by atomic mass is 16.5. The van der Waals surface area contributed by atoms with E-state index < -0.39 is 6.10 Å². The molecule has 2 aromatic rings. The van der Waals surface area contributed by atoms with Gasteiger partial charge in [0.1, 0.15) is 5.76 Å². The predicted molar refractivity (Wildman–Crippen MR) is 106 cm³/mol. The Balaban J connectivity index is 1.53. The zero-order valence-electron chi connectivity index (χ0n) is 15.6. The molecule has 0 bridgehead atoms. The Kier molecular flexibility index (Phi) is 7.74. The van der Waals surface area contributed by atoms with Crippen LogP contribution in [-0.2, 0) is 11.2 Å². The van der Waals surface area contributed by atoms with Gasteiger partial charge >= 0.3 is 0 Å². The summed E-state index contributed by atoms with van der Waals surface area (Å²) in [6.45, 7) is 2.55. The van der Waals surface area contributed by atoms with Gasteiger partial charge in [0.05, 0.1) is 25.0 Å². The molecule has 3 rings (SSSR count). The van der Waals surface area contributed by atoms with Crippen LogP contribution >= 0.6 is 0 Å². The van der Waals surface area contributed by atoms with Gasteiger partial charge in [0.15, 0.2) is 5.96 Å². The summed E-state index contributed by atoms with van der Waals surface area (Å²) >= 11 is 0. The fourth-order valence-electron chi connectivity index (χ4n) is 3.07. The minimum Gasteiger partial charge on any atom is -0.469 e. The standard InChI is InChI=1S/C21H29N3O3/c25-20(17-7-2-1-3-8-17)16-24-21(22-12-11-18-10-6-14-26-18)23-15-19-9-4-5-13-27-19/h1-3,6-8,10,14,19-20,25H,4-5,9,11-13,15-16H2,(H2,22,23,24). The summed E-state index contributed by atoms with van der Waals surface area (Å²) in [5.41, 5.74) is 0.867. The molecule has 0 spiro atoms. The van der Waals surface area contributed by atoms with E-state index in [4.69, 9.17) is 9.15 Å². The molecule has 0 aliphatic carbocycles. The predicted octanol–water partition coefficient (Wildman–Crippen LogP) is 2.66. The van der Waals surface area contributed by atoms with E-state index >= 15 is 0 Å². The third-order valence-electron chi connectivity index (χ3n) is 4.62. The van der Waals surface area contributed by atoms with E-state index in [1.54, 1.807) is 6.26 Å². The Morgan fingerprint density at radius 1 is 1.15 bits per heavy atom. The fourth-order valence-corrected chi connectivity index (χ4v) is 3.07. The molecule has 27 heavy (non-hydrogen) atoms. The molecule has 146 valence electrons. The number of aliphatic imine (C=N–C) groups is 1. The van der Waals surface area contributed by atoms with E-state index in [2.05, 4.69) is 15.6 Å². The largest absolute Gasteiger partial charge is 0.469 e. The van der Waals surface area contributed by atoms with Crippen molar-refractivity contribution in [3.05, 3.63) is 60.1 Å². The Hall–Kier alpha value is -2.31. The molecule has 0 radical (unpaired) electrons. The lowest BCUT2D eigenvalue weighted by Gasteiger charge is -2.24. The van der Waals surface area contributed by atoms with Crippen molar-refractivity contribution in [3.8, 4) is 0 Å². The molecule has 6 nitrogen and oxygen atoms in total. The van der Waals surface area contributed by atoms with Crippen LogP contribution in [0, 0.1) is 0 Å². The molecular formula is C21H29N3O3. The lowest BCUT2D eigenvalue weighted by Crippen LogP contribution is -2.43. The summed E-state index contributed by atoms with van der Waals surface area (Å²) in [5.74, 6) is 1.62. The Bertz CT molecular complexity index is 667. The number of hydrogen-bond acceptors (Lipinski definition) is 4. The van der Waals surface area contributed by atoms with Crippen LogP contribution in [0.3, 0.4) is 0 Å². The SMILES string of the molecule is OC(CN=C(NCCc1ccco1)NCC1CCCCO1)c1ccccc1. The number of furan rings is 1. The van der Waals surface area contributed by atoms with Crippen LogP contribution in [0.5, 0.6) is 0 Å².